The van der Waals surface area contributed by atoms with Crippen molar-refractivity contribution in [3.05, 3.63) is 29.3 Å². The van der Waals surface area contributed by atoms with E-state index >= 15 is 0 Å². The Labute approximate surface area is 129 Å². The van der Waals surface area contributed by atoms with Gasteiger partial charge in [-0.25, -0.2) is 0 Å². The van der Waals surface area contributed by atoms with Crippen molar-refractivity contribution in [2.75, 3.05) is 11.9 Å². The average molecular weight is 292 g/mol. The first-order valence-corrected chi connectivity index (χ1v) is 8.16. The van der Waals surface area contributed by atoms with Crippen molar-refractivity contribution in [2.45, 2.75) is 59.3 Å². The summed E-state index contributed by atoms with van der Waals surface area (Å²) >= 11 is 5.34. The van der Waals surface area contributed by atoms with Crippen molar-refractivity contribution in [2.24, 2.45) is 0 Å². The molecule has 0 atom stereocenters. The third-order valence-electron chi connectivity index (χ3n) is 3.46. The van der Waals surface area contributed by atoms with Gasteiger partial charge in [-0.2, -0.15) is 0 Å². The zero-order chi connectivity index (χ0) is 14.8. The molecule has 2 nitrogen and oxygen atoms in total. The van der Waals surface area contributed by atoms with Crippen molar-refractivity contribution < 1.29 is 0 Å². The van der Waals surface area contributed by atoms with E-state index in [-0.39, 0.29) is 0 Å². The molecular formula is C17H28N2S. The summed E-state index contributed by atoms with van der Waals surface area (Å²) in [6, 6.07) is 6.37. The third kappa shape index (κ3) is 6.90. The van der Waals surface area contributed by atoms with Crippen LogP contribution in [0.15, 0.2) is 18.2 Å². The van der Waals surface area contributed by atoms with Crippen LogP contribution in [-0.2, 0) is 0 Å². The van der Waals surface area contributed by atoms with E-state index in [0.29, 0.717) is 0 Å². The molecule has 0 saturated carbocycles. The first-order valence-electron chi connectivity index (χ1n) is 7.75. The number of unbranched alkanes of at least 4 members (excludes halogenated alkanes) is 5. The van der Waals surface area contributed by atoms with Crippen molar-refractivity contribution in [3.63, 3.8) is 0 Å². The molecule has 0 aromatic heterocycles. The number of aryl methyl sites for hydroxylation is 2. The molecule has 0 radical (unpaired) electrons. The smallest absolute Gasteiger partial charge is 0.170 e. The minimum atomic E-state index is 0.729. The van der Waals surface area contributed by atoms with Gasteiger partial charge in [-0.3, -0.25) is 0 Å². The molecule has 0 amide bonds. The lowest BCUT2D eigenvalue weighted by Crippen LogP contribution is -2.29. The van der Waals surface area contributed by atoms with E-state index in [0.717, 1.165) is 17.3 Å². The normalized spacial score (nSPS) is 10.3. The standard InChI is InChI=1S/C17H28N2S/c1-4-5-6-7-8-9-12-18-17(20)19-16-13-14(2)10-11-15(16)3/h10-11,13H,4-9,12H2,1-3H3,(H2,18,19,20). The van der Waals surface area contributed by atoms with E-state index in [2.05, 4.69) is 49.6 Å². The highest BCUT2D eigenvalue weighted by atomic mass is 32.1. The molecular weight excluding hydrogens is 264 g/mol. The van der Waals surface area contributed by atoms with E-state index < -0.39 is 0 Å². The van der Waals surface area contributed by atoms with Gasteiger partial charge in [-0.05, 0) is 49.7 Å². The number of hydrogen-bond donors (Lipinski definition) is 2. The second kappa shape index (κ2) is 9.76. The predicted molar refractivity (Wildman–Crippen MR) is 93.5 cm³/mol. The van der Waals surface area contributed by atoms with Gasteiger partial charge >= 0.3 is 0 Å². The largest absolute Gasteiger partial charge is 0.362 e. The van der Waals surface area contributed by atoms with Crippen LogP contribution in [0, 0.1) is 13.8 Å². The fraction of sp³-hybridized carbons (Fsp3) is 0.588. The van der Waals surface area contributed by atoms with Crippen LogP contribution >= 0.6 is 12.2 Å². The quantitative estimate of drug-likeness (QED) is 0.523. The number of nitrogens with one attached hydrogen (secondary N) is 2. The van der Waals surface area contributed by atoms with Gasteiger partial charge in [0.05, 0.1) is 0 Å². The maximum atomic E-state index is 5.34. The Bertz CT molecular complexity index is 415. The minimum Gasteiger partial charge on any atom is -0.362 e. The number of benzene rings is 1. The van der Waals surface area contributed by atoms with Crippen LogP contribution in [0.2, 0.25) is 0 Å². The number of rotatable bonds is 8. The maximum Gasteiger partial charge on any atom is 0.170 e. The van der Waals surface area contributed by atoms with Crippen molar-refractivity contribution in [1.82, 2.24) is 5.32 Å². The first kappa shape index (κ1) is 17.0. The van der Waals surface area contributed by atoms with E-state index in [1.54, 1.807) is 0 Å². The van der Waals surface area contributed by atoms with Gasteiger partial charge in [0.25, 0.3) is 0 Å². The summed E-state index contributed by atoms with van der Waals surface area (Å²) in [5, 5.41) is 7.30. The summed E-state index contributed by atoms with van der Waals surface area (Å²) in [4.78, 5) is 0. The Morgan fingerprint density at radius 2 is 1.75 bits per heavy atom. The second-order valence-corrected chi connectivity index (χ2v) is 5.88. The lowest BCUT2D eigenvalue weighted by molar-refractivity contribution is 0.603. The molecule has 1 aromatic rings. The summed E-state index contributed by atoms with van der Waals surface area (Å²) in [5.41, 5.74) is 3.57. The third-order valence-corrected chi connectivity index (χ3v) is 3.70. The zero-order valence-electron chi connectivity index (χ0n) is 13.1. The molecule has 0 aliphatic rings. The molecule has 0 spiro atoms. The lowest BCUT2D eigenvalue weighted by Gasteiger charge is -2.13. The Kier molecular flexibility index (Phi) is 8.28. The molecule has 112 valence electrons. The van der Waals surface area contributed by atoms with E-state index in [1.165, 1.54) is 49.7 Å². The van der Waals surface area contributed by atoms with Crippen LogP contribution in [0.25, 0.3) is 0 Å². The van der Waals surface area contributed by atoms with Gasteiger partial charge in [-0.1, -0.05) is 51.2 Å². The van der Waals surface area contributed by atoms with Crippen LogP contribution in [-0.4, -0.2) is 11.7 Å². The Hall–Kier alpha value is -1.09. The highest BCUT2D eigenvalue weighted by Gasteiger charge is 2.01. The summed E-state index contributed by atoms with van der Waals surface area (Å²) in [6.45, 7) is 7.40. The number of hydrogen-bond acceptors (Lipinski definition) is 1. The van der Waals surface area contributed by atoms with Crippen molar-refractivity contribution >= 4 is 23.0 Å². The van der Waals surface area contributed by atoms with Crippen molar-refractivity contribution in [1.29, 1.82) is 0 Å². The molecule has 1 rings (SSSR count). The van der Waals surface area contributed by atoms with E-state index in [4.69, 9.17) is 12.2 Å². The second-order valence-electron chi connectivity index (χ2n) is 5.47. The van der Waals surface area contributed by atoms with Gasteiger partial charge in [0, 0.05) is 12.2 Å². The SMILES string of the molecule is CCCCCCCCNC(=S)Nc1cc(C)ccc1C. The van der Waals surface area contributed by atoms with Gasteiger partial charge in [0.15, 0.2) is 5.11 Å². The first-order chi connectivity index (χ1) is 9.63. The van der Waals surface area contributed by atoms with Crippen LogP contribution in [0.3, 0.4) is 0 Å². The highest BCUT2D eigenvalue weighted by molar-refractivity contribution is 7.80. The highest BCUT2D eigenvalue weighted by Crippen LogP contribution is 2.16. The van der Waals surface area contributed by atoms with Crippen LogP contribution in [0.5, 0.6) is 0 Å². The molecule has 0 aliphatic carbocycles. The summed E-state index contributed by atoms with van der Waals surface area (Å²) in [7, 11) is 0. The fourth-order valence-electron chi connectivity index (χ4n) is 2.14. The zero-order valence-corrected chi connectivity index (χ0v) is 13.9. The molecule has 0 aliphatic heterocycles. The van der Waals surface area contributed by atoms with Crippen LogP contribution < -0.4 is 10.6 Å². The minimum absolute atomic E-state index is 0.729. The van der Waals surface area contributed by atoms with Crippen molar-refractivity contribution in [3.8, 4) is 0 Å². The van der Waals surface area contributed by atoms with Gasteiger partial charge in [0.1, 0.15) is 0 Å². The van der Waals surface area contributed by atoms with E-state index in [1.807, 2.05) is 0 Å². The predicted octanol–water partition coefficient (Wildman–Crippen LogP) is 4.95. The molecule has 3 heteroatoms. The summed E-state index contributed by atoms with van der Waals surface area (Å²) in [6.07, 6.45) is 7.86. The Morgan fingerprint density at radius 1 is 1.05 bits per heavy atom. The van der Waals surface area contributed by atoms with E-state index in [9.17, 15) is 0 Å². The monoisotopic (exact) mass is 292 g/mol. The molecule has 1 aromatic carbocycles. The van der Waals surface area contributed by atoms with Gasteiger partial charge in [0.2, 0.25) is 0 Å². The average Bonchev–Trinajstić information content (AvgIpc) is 2.42. The maximum absolute atomic E-state index is 5.34. The van der Waals surface area contributed by atoms with Gasteiger partial charge < -0.3 is 10.6 Å². The Morgan fingerprint density at radius 3 is 2.50 bits per heavy atom. The Balaban J connectivity index is 2.19. The van der Waals surface area contributed by atoms with Crippen LogP contribution in [0.1, 0.15) is 56.6 Å². The number of anilines is 1. The molecule has 0 bridgehead atoms. The molecule has 0 fully saturated rings. The molecule has 2 N–H and O–H groups in total. The summed E-state index contributed by atoms with van der Waals surface area (Å²) in [5.74, 6) is 0. The van der Waals surface area contributed by atoms with Gasteiger partial charge in [-0.15, -0.1) is 0 Å². The topological polar surface area (TPSA) is 24.1 Å². The lowest BCUT2D eigenvalue weighted by atomic mass is 10.1. The fourth-order valence-corrected chi connectivity index (χ4v) is 2.36. The van der Waals surface area contributed by atoms with Crippen LogP contribution in [0.4, 0.5) is 5.69 Å². The molecule has 0 saturated heterocycles. The summed E-state index contributed by atoms with van der Waals surface area (Å²) < 4.78 is 0. The molecule has 20 heavy (non-hydrogen) atoms. The molecule has 0 unspecified atom stereocenters. The number of thiocarbonyl (C=S) groups is 1. The molecule has 0 heterocycles.